The molecule has 0 radical (unpaired) electrons. The van der Waals surface area contributed by atoms with Gasteiger partial charge in [-0.25, -0.2) is 9.07 Å². The van der Waals surface area contributed by atoms with Crippen LogP contribution in [0.3, 0.4) is 0 Å². The van der Waals surface area contributed by atoms with Crippen molar-refractivity contribution in [2.24, 2.45) is 0 Å². The van der Waals surface area contributed by atoms with Gasteiger partial charge in [0.15, 0.2) is 5.82 Å². The van der Waals surface area contributed by atoms with Crippen molar-refractivity contribution in [1.82, 2.24) is 25.1 Å². The lowest BCUT2D eigenvalue weighted by molar-refractivity contribution is 0.198. The molecule has 37 heavy (non-hydrogen) atoms. The van der Waals surface area contributed by atoms with E-state index in [4.69, 9.17) is 9.47 Å². The summed E-state index contributed by atoms with van der Waals surface area (Å²) in [4.78, 5) is 4.66. The van der Waals surface area contributed by atoms with Gasteiger partial charge in [0, 0.05) is 37.4 Å². The van der Waals surface area contributed by atoms with Gasteiger partial charge in [0.05, 0.1) is 20.8 Å². The van der Waals surface area contributed by atoms with Crippen molar-refractivity contribution in [3.63, 3.8) is 0 Å². The topological polar surface area (TPSA) is 68.5 Å². The maximum Gasteiger partial charge on any atom is 0.173 e. The molecule has 1 aliphatic rings. The molecule has 5 rings (SSSR count). The van der Waals surface area contributed by atoms with Gasteiger partial charge < -0.3 is 14.4 Å². The molecule has 3 aromatic carbocycles. The van der Waals surface area contributed by atoms with Crippen LogP contribution in [0.1, 0.15) is 23.0 Å². The van der Waals surface area contributed by atoms with Gasteiger partial charge >= 0.3 is 0 Å². The molecule has 10 heteroatoms. The van der Waals surface area contributed by atoms with E-state index < -0.39 is 0 Å². The molecule has 0 spiro atoms. The first kappa shape index (κ1) is 26.4. The summed E-state index contributed by atoms with van der Waals surface area (Å²) in [5.74, 6) is 2.13. The zero-order valence-corrected chi connectivity index (χ0v) is 21.6. The fraction of sp³-hybridized carbons (Fsp3) is 0.296. The number of anilines is 1. The SMILES string of the molecule is COc1ccc(Cn2nnnc2C(c2ccccc2OC)N2CCN(c3ccc(F)cc3)CC2)cc1.Cl. The van der Waals surface area contributed by atoms with Crippen molar-refractivity contribution in [2.75, 3.05) is 45.3 Å². The Morgan fingerprint density at radius 1 is 0.865 bits per heavy atom. The molecule has 0 amide bonds. The average molecular weight is 525 g/mol. The molecule has 0 saturated carbocycles. The molecule has 0 aliphatic carbocycles. The van der Waals surface area contributed by atoms with Gasteiger partial charge in [-0.15, -0.1) is 17.5 Å². The highest BCUT2D eigenvalue weighted by Gasteiger charge is 2.32. The fourth-order valence-corrected chi connectivity index (χ4v) is 4.71. The van der Waals surface area contributed by atoms with E-state index in [0.717, 1.165) is 60.3 Å². The van der Waals surface area contributed by atoms with Gasteiger partial charge in [-0.2, -0.15) is 0 Å². The largest absolute Gasteiger partial charge is 0.497 e. The first-order valence-corrected chi connectivity index (χ1v) is 11.9. The third-order valence-electron chi connectivity index (χ3n) is 6.60. The second-order valence-corrected chi connectivity index (χ2v) is 8.69. The van der Waals surface area contributed by atoms with Crippen molar-refractivity contribution >= 4 is 18.1 Å². The summed E-state index contributed by atoms with van der Waals surface area (Å²) in [6, 6.07) is 22.4. The average Bonchev–Trinajstić information content (AvgIpc) is 3.38. The van der Waals surface area contributed by atoms with Gasteiger partial charge in [0.2, 0.25) is 0 Å². The van der Waals surface area contributed by atoms with Crippen LogP contribution in [0.2, 0.25) is 0 Å². The number of nitrogens with zero attached hydrogens (tertiary/aromatic N) is 6. The van der Waals surface area contributed by atoms with E-state index in [-0.39, 0.29) is 24.3 Å². The molecule has 4 aromatic rings. The zero-order valence-electron chi connectivity index (χ0n) is 20.8. The molecule has 1 unspecified atom stereocenters. The van der Waals surface area contributed by atoms with Gasteiger partial charge in [-0.1, -0.05) is 30.3 Å². The lowest BCUT2D eigenvalue weighted by Crippen LogP contribution is -2.48. The van der Waals surface area contributed by atoms with E-state index in [1.165, 1.54) is 12.1 Å². The summed E-state index contributed by atoms with van der Waals surface area (Å²) < 4.78 is 26.3. The van der Waals surface area contributed by atoms with E-state index in [1.807, 2.05) is 59.3 Å². The van der Waals surface area contributed by atoms with Gasteiger partial charge in [0.25, 0.3) is 0 Å². The third-order valence-corrected chi connectivity index (χ3v) is 6.60. The summed E-state index contributed by atoms with van der Waals surface area (Å²) in [5, 5.41) is 12.9. The number of hydrogen-bond donors (Lipinski definition) is 0. The van der Waals surface area contributed by atoms with Crippen LogP contribution in [-0.4, -0.2) is 65.5 Å². The molecule has 1 aromatic heterocycles. The number of benzene rings is 3. The fourth-order valence-electron chi connectivity index (χ4n) is 4.71. The van der Waals surface area contributed by atoms with E-state index in [1.54, 1.807) is 14.2 Å². The highest BCUT2D eigenvalue weighted by molar-refractivity contribution is 5.85. The smallest absolute Gasteiger partial charge is 0.173 e. The lowest BCUT2D eigenvalue weighted by Gasteiger charge is -2.40. The second-order valence-electron chi connectivity index (χ2n) is 8.69. The molecular formula is C27H30ClFN6O2. The summed E-state index contributed by atoms with van der Waals surface area (Å²) >= 11 is 0. The predicted octanol–water partition coefficient (Wildman–Crippen LogP) is 4.21. The van der Waals surface area contributed by atoms with Crippen molar-refractivity contribution < 1.29 is 13.9 Å². The van der Waals surface area contributed by atoms with Crippen LogP contribution < -0.4 is 14.4 Å². The van der Waals surface area contributed by atoms with E-state index in [0.29, 0.717) is 6.54 Å². The van der Waals surface area contributed by atoms with Crippen LogP contribution in [0.15, 0.2) is 72.8 Å². The minimum atomic E-state index is -0.225. The van der Waals surface area contributed by atoms with Gasteiger partial charge in [-0.05, 0) is 58.5 Å². The maximum absolute atomic E-state index is 13.4. The second kappa shape index (κ2) is 12.0. The highest BCUT2D eigenvalue weighted by atomic mass is 35.5. The number of hydrogen-bond acceptors (Lipinski definition) is 7. The summed E-state index contributed by atoms with van der Waals surface area (Å²) in [6.45, 7) is 3.72. The van der Waals surface area contributed by atoms with E-state index in [9.17, 15) is 4.39 Å². The molecule has 1 saturated heterocycles. The monoisotopic (exact) mass is 524 g/mol. The van der Waals surface area contributed by atoms with Crippen LogP contribution in [0.25, 0.3) is 0 Å². The number of tetrazole rings is 1. The maximum atomic E-state index is 13.4. The molecule has 0 bridgehead atoms. The first-order chi connectivity index (χ1) is 17.7. The minimum Gasteiger partial charge on any atom is -0.497 e. The standard InChI is InChI=1S/C27H29FN6O2.ClH/c1-35-23-13-7-20(8-14-23)19-34-27(29-30-31-34)26(24-5-3-4-6-25(24)36-2)33-17-15-32(16-18-33)22-11-9-21(28)10-12-22;/h3-14,26H,15-19H2,1-2H3;1H. The number of aromatic nitrogens is 4. The number of methoxy groups -OCH3 is 2. The Morgan fingerprint density at radius 3 is 2.24 bits per heavy atom. The van der Waals surface area contributed by atoms with E-state index in [2.05, 4.69) is 31.4 Å². The predicted molar refractivity (Wildman–Crippen MR) is 142 cm³/mol. The lowest BCUT2D eigenvalue weighted by atomic mass is 10.0. The zero-order chi connectivity index (χ0) is 24.9. The Hall–Kier alpha value is -3.69. The Labute approximate surface area is 222 Å². The first-order valence-electron chi connectivity index (χ1n) is 11.9. The molecule has 1 atom stereocenters. The van der Waals surface area contributed by atoms with Gasteiger partial charge in [-0.3, -0.25) is 4.90 Å². The molecule has 194 valence electrons. The minimum absolute atomic E-state index is 0. The van der Waals surface area contributed by atoms with Crippen LogP contribution in [-0.2, 0) is 6.54 Å². The molecule has 2 heterocycles. The van der Waals surface area contributed by atoms with Crippen molar-refractivity contribution in [3.05, 3.63) is 95.6 Å². The summed E-state index contributed by atoms with van der Waals surface area (Å²) in [6.07, 6.45) is 0. The number of piperazine rings is 1. The molecule has 1 aliphatic heterocycles. The molecule has 8 nitrogen and oxygen atoms in total. The number of para-hydroxylation sites is 1. The highest BCUT2D eigenvalue weighted by Crippen LogP contribution is 2.35. The Morgan fingerprint density at radius 2 is 1.57 bits per heavy atom. The quantitative estimate of drug-likeness (QED) is 0.342. The van der Waals surface area contributed by atoms with Crippen molar-refractivity contribution in [1.29, 1.82) is 0 Å². The van der Waals surface area contributed by atoms with Crippen molar-refractivity contribution in [3.8, 4) is 11.5 Å². The molecular weight excluding hydrogens is 495 g/mol. The van der Waals surface area contributed by atoms with Gasteiger partial charge in [0.1, 0.15) is 23.4 Å². The normalized spacial score (nSPS) is 14.6. The number of halogens is 2. The Bertz CT molecular complexity index is 1280. The van der Waals surface area contributed by atoms with Crippen LogP contribution in [0.5, 0.6) is 11.5 Å². The Balaban J connectivity index is 0.00000320. The van der Waals surface area contributed by atoms with Crippen LogP contribution >= 0.6 is 12.4 Å². The third kappa shape index (κ3) is 5.84. The number of rotatable bonds is 8. The van der Waals surface area contributed by atoms with Crippen molar-refractivity contribution in [2.45, 2.75) is 12.6 Å². The molecule has 0 N–H and O–H groups in total. The van der Waals surface area contributed by atoms with Crippen LogP contribution in [0, 0.1) is 5.82 Å². The Kier molecular flexibility index (Phi) is 8.58. The number of ether oxygens (including phenoxy) is 2. The summed E-state index contributed by atoms with van der Waals surface area (Å²) in [7, 11) is 3.34. The van der Waals surface area contributed by atoms with E-state index >= 15 is 0 Å². The molecule has 1 fully saturated rings. The van der Waals surface area contributed by atoms with Crippen LogP contribution in [0.4, 0.5) is 10.1 Å². The summed E-state index contributed by atoms with van der Waals surface area (Å²) in [5.41, 5.74) is 3.11.